The third kappa shape index (κ3) is 3.45. The summed E-state index contributed by atoms with van der Waals surface area (Å²) in [4.78, 5) is 31.1. The molecule has 0 spiro atoms. The maximum absolute atomic E-state index is 13.7. The fourth-order valence-corrected chi connectivity index (χ4v) is 4.21. The molecule has 5 nitrogen and oxygen atoms in total. The third-order valence-corrected chi connectivity index (χ3v) is 5.73. The number of ketones is 1. The largest absolute Gasteiger partial charge is 0.360 e. The Morgan fingerprint density at radius 2 is 1.71 bits per heavy atom. The van der Waals surface area contributed by atoms with Crippen LogP contribution >= 0.6 is 0 Å². The van der Waals surface area contributed by atoms with Gasteiger partial charge >= 0.3 is 0 Å². The van der Waals surface area contributed by atoms with E-state index in [1.165, 1.54) is 0 Å². The summed E-state index contributed by atoms with van der Waals surface area (Å²) in [7, 11) is 1.68. The number of Topliss-reactive ketones (excluding diaryl/α,β-unsaturated/α-hetero) is 1. The Morgan fingerprint density at radius 1 is 1.04 bits per heavy atom. The maximum Gasteiger partial charge on any atom is 0.222 e. The first kappa shape index (κ1) is 18.4. The first-order valence-corrected chi connectivity index (χ1v) is 9.80. The van der Waals surface area contributed by atoms with Crippen LogP contribution in [0.25, 0.3) is 10.9 Å². The Hall–Kier alpha value is -2.92. The monoisotopic (exact) mass is 375 g/mol. The molecule has 144 valence electrons. The van der Waals surface area contributed by atoms with E-state index in [9.17, 15) is 9.59 Å². The lowest BCUT2D eigenvalue weighted by molar-refractivity contribution is -0.126. The zero-order valence-electron chi connectivity index (χ0n) is 16.0. The molecule has 1 fully saturated rings. The van der Waals surface area contributed by atoms with Gasteiger partial charge in [0.25, 0.3) is 0 Å². The predicted molar refractivity (Wildman–Crippen MR) is 110 cm³/mol. The van der Waals surface area contributed by atoms with E-state index in [1.807, 2.05) is 60.8 Å². The zero-order chi connectivity index (χ0) is 19.5. The van der Waals surface area contributed by atoms with E-state index in [0.717, 1.165) is 48.0 Å². The number of aromatic amines is 1. The normalized spacial score (nSPS) is 16.8. The molecule has 1 saturated heterocycles. The standard InChI is InChI=1S/C23H25N3O2/c1-24-23(28)17-11-13-26(14-12-17)21(16-7-3-2-4-8-16)22(27)19-15-25-20-10-6-5-9-18(19)20/h2-10,15,17,21,25H,11-14H2,1H3,(H,24,28)/t21-/m0/s1. The molecule has 0 saturated carbocycles. The number of rotatable bonds is 5. The second-order valence-corrected chi connectivity index (χ2v) is 7.35. The van der Waals surface area contributed by atoms with Crippen molar-refractivity contribution in [2.75, 3.05) is 20.1 Å². The van der Waals surface area contributed by atoms with Gasteiger partial charge in [-0.2, -0.15) is 0 Å². The maximum atomic E-state index is 13.7. The van der Waals surface area contributed by atoms with E-state index in [-0.39, 0.29) is 23.7 Å². The number of carbonyl (C=O) groups is 2. The molecule has 1 atom stereocenters. The molecule has 0 radical (unpaired) electrons. The molecule has 0 unspecified atom stereocenters. The molecule has 1 amide bonds. The molecular weight excluding hydrogens is 350 g/mol. The number of carbonyl (C=O) groups excluding carboxylic acids is 2. The average Bonchev–Trinajstić information content (AvgIpc) is 3.19. The predicted octanol–water partition coefficient (Wildman–Crippen LogP) is 3.55. The number of hydrogen-bond acceptors (Lipinski definition) is 3. The SMILES string of the molecule is CNC(=O)C1CCN([C@H](C(=O)c2c[nH]c3ccccc23)c2ccccc2)CC1. The quantitative estimate of drug-likeness (QED) is 0.670. The Bertz CT molecular complexity index is 972. The smallest absolute Gasteiger partial charge is 0.222 e. The van der Waals surface area contributed by atoms with Gasteiger partial charge in [0, 0.05) is 35.6 Å². The molecule has 28 heavy (non-hydrogen) atoms. The number of piperidine rings is 1. The second kappa shape index (κ2) is 7.98. The molecule has 3 aromatic rings. The van der Waals surface area contributed by atoms with E-state index >= 15 is 0 Å². The molecule has 1 aromatic heterocycles. The Morgan fingerprint density at radius 3 is 2.43 bits per heavy atom. The Balaban J connectivity index is 1.65. The van der Waals surface area contributed by atoms with Gasteiger partial charge in [-0.3, -0.25) is 14.5 Å². The molecule has 2 N–H and O–H groups in total. The van der Waals surface area contributed by atoms with Gasteiger partial charge in [0.2, 0.25) is 5.91 Å². The summed E-state index contributed by atoms with van der Waals surface area (Å²) in [5, 5.41) is 3.70. The highest BCUT2D eigenvalue weighted by Crippen LogP contribution is 2.32. The van der Waals surface area contributed by atoms with Crippen LogP contribution in [0, 0.1) is 5.92 Å². The number of nitrogens with one attached hydrogen (secondary N) is 2. The van der Waals surface area contributed by atoms with E-state index in [1.54, 1.807) is 7.05 Å². The van der Waals surface area contributed by atoms with Crippen molar-refractivity contribution in [1.29, 1.82) is 0 Å². The fraction of sp³-hybridized carbons (Fsp3) is 0.304. The first-order valence-electron chi connectivity index (χ1n) is 9.80. The minimum Gasteiger partial charge on any atom is -0.360 e. The van der Waals surface area contributed by atoms with E-state index in [2.05, 4.69) is 15.2 Å². The minimum atomic E-state index is -0.342. The van der Waals surface area contributed by atoms with Crippen molar-refractivity contribution in [1.82, 2.24) is 15.2 Å². The molecule has 4 rings (SSSR count). The number of nitrogens with zero attached hydrogens (tertiary/aromatic N) is 1. The van der Waals surface area contributed by atoms with E-state index in [4.69, 9.17) is 0 Å². The van der Waals surface area contributed by atoms with Gasteiger partial charge in [-0.25, -0.2) is 0 Å². The topological polar surface area (TPSA) is 65.2 Å². The lowest BCUT2D eigenvalue weighted by atomic mass is 9.90. The Labute approximate surface area is 164 Å². The number of benzene rings is 2. The van der Waals surface area contributed by atoms with E-state index < -0.39 is 0 Å². The van der Waals surface area contributed by atoms with Crippen LogP contribution in [-0.2, 0) is 4.79 Å². The highest BCUT2D eigenvalue weighted by atomic mass is 16.2. The van der Waals surface area contributed by atoms with Crippen LogP contribution in [0.1, 0.15) is 34.8 Å². The number of hydrogen-bond donors (Lipinski definition) is 2. The minimum absolute atomic E-state index is 0.0286. The summed E-state index contributed by atoms with van der Waals surface area (Å²) >= 11 is 0. The van der Waals surface area contributed by atoms with Crippen LogP contribution in [0.3, 0.4) is 0 Å². The summed E-state index contributed by atoms with van der Waals surface area (Å²) in [5.74, 6) is 0.224. The molecule has 0 bridgehead atoms. The second-order valence-electron chi connectivity index (χ2n) is 7.35. The molecule has 2 heterocycles. The summed E-state index contributed by atoms with van der Waals surface area (Å²) < 4.78 is 0. The van der Waals surface area contributed by atoms with Crippen molar-refractivity contribution < 1.29 is 9.59 Å². The van der Waals surface area contributed by atoms with Gasteiger partial charge in [0.05, 0.1) is 6.04 Å². The molecule has 1 aliphatic heterocycles. The van der Waals surface area contributed by atoms with Crippen molar-refractivity contribution in [3.63, 3.8) is 0 Å². The van der Waals surface area contributed by atoms with Crippen LogP contribution < -0.4 is 5.32 Å². The van der Waals surface area contributed by atoms with Gasteiger partial charge in [0.1, 0.15) is 0 Å². The van der Waals surface area contributed by atoms with Crippen LogP contribution in [0.2, 0.25) is 0 Å². The van der Waals surface area contributed by atoms with Crippen molar-refractivity contribution >= 4 is 22.6 Å². The van der Waals surface area contributed by atoms with Crippen LogP contribution in [0.5, 0.6) is 0 Å². The van der Waals surface area contributed by atoms with Crippen molar-refractivity contribution in [2.24, 2.45) is 5.92 Å². The number of H-pyrrole nitrogens is 1. The van der Waals surface area contributed by atoms with Gasteiger partial charge in [-0.15, -0.1) is 0 Å². The fourth-order valence-electron chi connectivity index (χ4n) is 4.21. The van der Waals surface area contributed by atoms with E-state index in [0.29, 0.717) is 0 Å². The highest BCUT2D eigenvalue weighted by molar-refractivity contribution is 6.10. The summed E-state index contributed by atoms with van der Waals surface area (Å²) in [6.07, 6.45) is 3.36. The van der Waals surface area contributed by atoms with Crippen LogP contribution in [0.4, 0.5) is 0 Å². The Kier molecular flexibility index (Phi) is 5.26. The number of amides is 1. The molecule has 2 aromatic carbocycles. The summed E-state index contributed by atoms with van der Waals surface area (Å²) in [6, 6.07) is 17.5. The zero-order valence-corrected chi connectivity index (χ0v) is 16.0. The first-order chi connectivity index (χ1) is 13.7. The van der Waals surface area contributed by atoms with Gasteiger partial charge in [-0.05, 0) is 37.6 Å². The van der Waals surface area contributed by atoms with Crippen LogP contribution in [-0.4, -0.2) is 41.7 Å². The van der Waals surface area contributed by atoms with Gasteiger partial charge in [0.15, 0.2) is 5.78 Å². The lowest BCUT2D eigenvalue weighted by Crippen LogP contribution is -2.43. The average molecular weight is 375 g/mol. The summed E-state index contributed by atoms with van der Waals surface area (Å²) in [5.41, 5.74) is 2.69. The number of para-hydroxylation sites is 1. The van der Waals surface area contributed by atoms with Gasteiger partial charge in [-0.1, -0.05) is 48.5 Å². The molecule has 1 aliphatic rings. The van der Waals surface area contributed by atoms with Crippen molar-refractivity contribution in [2.45, 2.75) is 18.9 Å². The number of likely N-dealkylation sites (tertiary alicyclic amines) is 1. The van der Waals surface area contributed by atoms with Crippen molar-refractivity contribution in [3.05, 3.63) is 71.9 Å². The number of fused-ring (bicyclic) bond motifs is 1. The highest BCUT2D eigenvalue weighted by Gasteiger charge is 2.34. The van der Waals surface area contributed by atoms with Crippen LogP contribution in [0.15, 0.2) is 60.8 Å². The van der Waals surface area contributed by atoms with Crippen molar-refractivity contribution in [3.8, 4) is 0 Å². The molecule has 0 aliphatic carbocycles. The number of aromatic nitrogens is 1. The summed E-state index contributed by atoms with van der Waals surface area (Å²) in [6.45, 7) is 1.46. The molecule has 5 heteroatoms. The molecular formula is C23H25N3O2. The third-order valence-electron chi connectivity index (χ3n) is 5.73. The van der Waals surface area contributed by atoms with Gasteiger partial charge < -0.3 is 10.3 Å². The lowest BCUT2D eigenvalue weighted by Gasteiger charge is -2.36.